The van der Waals surface area contributed by atoms with Crippen molar-refractivity contribution in [1.29, 1.82) is 0 Å². The molecule has 0 fully saturated rings. The maximum Gasteiger partial charge on any atom is 0.264 e. The summed E-state index contributed by atoms with van der Waals surface area (Å²) in [5, 5.41) is 9.20. The van der Waals surface area contributed by atoms with E-state index in [0.29, 0.717) is 12.1 Å². The van der Waals surface area contributed by atoms with Gasteiger partial charge in [-0.3, -0.25) is 9.59 Å². The topological polar surface area (TPSA) is 74.8 Å². The minimum Gasteiger partial charge on any atom is -0.326 e. The number of rotatable bonds is 3. The molecular weight excluding hydrogens is 242 g/mol. The number of aryl methyl sites for hydroxylation is 1. The number of carbonyl (C=O) groups is 1. The summed E-state index contributed by atoms with van der Waals surface area (Å²) in [6.45, 7) is 3.73. The van der Waals surface area contributed by atoms with E-state index in [1.807, 2.05) is 25.1 Å². The first-order chi connectivity index (χ1) is 9.10. The number of aromatic amines is 1. The van der Waals surface area contributed by atoms with Gasteiger partial charge >= 0.3 is 0 Å². The van der Waals surface area contributed by atoms with Crippen molar-refractivity contribution in [1.82, 2.24) is 10.2 Å². The van der Waals surface area contributed by atoms with Crippen molar-refractivity contribution < 1.29 is 4.79 Å². The van der Waals surface area contributed by atoms with Gasteiger partial charge in [0, 0.05) is 23.7 Å². The van der Waals surface area contributed by atoms with Gasteiger partial charge in [-0.1, -0.05) is 19.1 Å². The van der Waals surface area contributed by atoms with E-state index in [1.54, 1.807) is 13.0 Å². The summed E-state index contributed by atoms with van der Waals surface area (Å²) in [5.74, 6) is -0.0327. The SMILES string of the molecule is CCC(=O)Nc1cc(-c2ccc(=O)[nH]n2)ccc1C. The van der Waals surface area contributed by atoms with E-state index in [4.69, 9.17) is 0 Å². The zero-order valence-electron chi connectivity index (χ0n) is 10.9. The molecule has 1 heterocycles. The minimum atomic E-state index is -0.240. The number of hydrogen-bond donors (Lipinski definition) is 2. The van der Waals surface area contributed by atoms with Crippen LogP contribution in [0.1, 0.15) is 18.9 Å². The number of nitrogens with zero attached hydrogens (tertiary/aromatic N) is 1. The highest BCUT2D eigenvalue weighted by Crippen LogP contribution is 2.23. The first kappa shape index (κ1) is 13.0. The standard InChI is InChI=1S/C14H15N3O2/c1-3-13(18)15-12-8-10(5-4-9(12)2)11-6-7-14(19)17-16-11/h4-8H,3H2,1-2H3,(H,15,18)(H,17,19). The van der Waals surface area contributed by atoms with Gasteiger partial charge < -0.3 is 5.32 Å². The van der Waals surface area contributed by atoms with E-state index in [1.165, 1.54) is 6.07 Å². The number of anilines is 1. The molecule has 0 atom stereocenters. The Bertz CT molecular complexity index is 641. The van der Waals surface area contributed by atoms with Gasteiger partial charge in [0.15, 0.2) is 0 Å². The van der Waals surface area contributed by atoms with Crippen molar-refractivity contribution in [3.8, 4) is 11.3 Å². The molecule has 0 saturated heterocycles. The molecule has 0 radical (unpaired) electrons. The highest BCUT2D eigenvalue weighted by molar-refractivity contribution is 5.92. The summed E-state index contributed by atoms with van der Waals surface area (Å²) in [6, 6.07) is 8.73. The van der Waals surface area contributed by atoms with Gasteiger partial charge in [-0.15, -0.1) is 0 Å². The Kier molecular flexibility index (Phi) is 3.75. The number of hydrogen-bond acceptors (Lipinski definition) is 3. The zero-order valence-corrected chi connectivity index (χ0v) is 10.9. The van der Waals surface area contributed by atoms with Crippen molar-refractivity contribution in [2.75, 3.05) is 5.32 Å². The Morgan fingerprint density at radius 3 is 2.74 bits per heavy atom. The predicted octanol–water partition coefficient (Wildman–Crippen LogP) is 2.09. The van der Waals surface area contributed by atoms with Crippen LogP contribution in [0.25, 0.3) is 11.3 Å². The van der Waals surface area contributed by atoms with Gasteiger partial charge in [-0.25, -0.2) is 5.10 Å². The molecule has 2 rings (SSSR count). The lowest BCUT2D eigenvalue weighted by atomic mass is 10.1. The number of benzene rings is 1. The highest BCUT2D eigenvalue weighted by atomic mass is 16.1. The van der Waals surface area contributed by atoms with E-state index in [-0.39, 0.29) is 11.5 Å². The van der Waals surface area contributed by atoms with Crippen LogP contribution >= 0.6 is 0 Å². The van der Waals surface area contributed by atoms with Crippen LogP contribution in [0.4, 0.5) is 5.69 Å². The maximum atomic E-state index is 11.5. The Morgan fingerprint density at radius 1 is 1.32 bits per heavy atom. The normalized spacial score (nSPS) is 10.2. The fourth-order valence-corrected chi connectivity index (χ4v) is 1.66. The summed E-state index contributed by atoms with van der Waals surface area (Å²) < 4.78 is 0. The number of carbonyl (C=O) groups excluding carboxylic acids is 1. The summed E-state index contributed by atoms with van der Waals surface area (Å²) in [4.78, 5) is 22.4. The molecule has 0 bridgehead atoms. The molecule has 1 aromatic carbocycles. The molecule has 19 heavy (non-hydrogen) atoms. The Hall–Kier alpha value is -2.43. The van der Waals surface area contributed by atoms with E-state index >= 15 is 0 Å². The molecule has 0 saturated carbocycles. The second-order valence-corrected chi connectivity index (χ2v) is 4.24. The second kappa shape index (κ2) is 5.48. The second-order valence-electron chi connectivity index (χ2n) is 4.24. The van der Waals surface area contributed by atoms with E-state index in [9.17, 15) is 9.59 Å². The van der Waals surface area contributed by atoms with Crippen molar-refractivity contribution in [3.05, 3.63) is 46.2 Å². The van der Waals surface area contributed by atoms with E-state index in [0.717, 1.165) is 16.8 Å². The lowest BCUT2D eigenvalue weighted by Gasteiger charge is -2.09. The molecule has 1 aromatic heterocycles. The van der Waals surface area contributed by atoms with Gasteiger partial charge in [0.1, 0.15) is 0 Å². The molecule has 1 amide bonds. The van der Waals surface area contributed by atoms with Gasteiger partial charge in [0.2, 0.25) is 5.91 Å². The zero-order chi connectivity index (χ0) is 13.8. The smallest absolute Gasteiger partial charge is 0.264 e. The van der Waals surface area contributed by atoms with Gasteiger partial charge in [-0.2, -0.15) is 5.10 Å². The monoisotopic (exact) mass is 257 g/mol. The lowest BCUT2D eigenvalue weighted by molar-refractivity contribution is -0.115. The summed E-state index contributed by atoms with van der Waals surface area (Å²) in [7, 11) is 0. The maximum absolute atomic E-state index is 11.5. The molecule has 5 heteroatoms. The fourth-order valence-electron chi connectivity index (χ4n) is 1.66. The van der Waals surface area contributed by atoms with Gasteiger partial charge in [-0.05, 0) is 24.6 Å². The molecule has 0 unspecified atom stereocenters. The van der Waals surface area contributed by atoms with Crippen LogP contribution in [-0.2, 0) is 4.79 Å². The molecule has 2 aromatic rings. The Labute approximate surface area is 110 Å². The number of H-pyrrole nitrogens is 1. The molecule has 0 spiro atoms. The largest absolute Gasteiger partial charge is 0.326 e. The van der Waals surface area contributed by atoms with Crippen LogP contribution in [0.5, 0.6) is 0 Å². The Balaban J connectivity index is 2.37. The molecule has 0 aliphatic rings. The van der Waals surface area contributed by atoms with Crippen LogP contribution < -0.4 is 10.9 Å². The summed E-state index contributed by atoms with van der Waals surface area (Å²) in [5.41, 5.74) is 3.00. The molecule has 98 valence electrons. The number of nitrogens with one attached hydrogen (secondary N) is 2. The van der Waals surface area contributed by atoms with Crippen LogP contribution in [0.2, 0.25) is 0 Å². The van der Waals surface area contributed by atoms with Crippen LogP contribution in [0.3, 0.4) is 0 Å². The van der Waals surface area contributed by atoms with E-state index in [2.05, 4.69) is 15.5 Å². The van der Waals surface area contributed by atoms with Crippen molar-refractivity contribution in [2.24, 2.45) is 0 Å². The van der Waals surface area contributed by atoms with Crippen LogP contribution in [0, 0.1) is 6.92 Å². The first-order valence-electron chi connectivity index (χ1n) is 6.06. The van der Waals surface area contributed by atoms with Crippen molar-refractivity contribution in [2.45, 2.75) is 20.3 Å². The van der Waals surface area contributed by atoms with Gasteiger partial charge in [0.05, 0.1) is 5.69 Å². The average molecular weight is 257 g/mol. The molecule has 0 aliphatic carbocycles. The molecular formula is C14H15N3O2. The molecule has 2 N–H and O–H groups in total. The molecule has 5 nitrogen and oxygen atoms in total. The average Bonchev–Trinajstić information content (AvgIpc) is 2.42. The summed E-state index contributed by atoms with van der Waals surface area (Å²) in [6.07, 6.45) is 0.431. The number of aromatic nitrogens is 2. The fraction of sp³-hybridized carbons (Fsp3) is 0.214. The van der Waals surface area contributed by atoms with E-state index < -0.39 is 0 Å². The minimum absolute atomic E-state index is 0.0327. The summed E-state index contributed by atoms with van der Waals surface area (Å²) >= 11 is 0. The molecule has 0 aliphatic heterocycles. The van der Waals surface area contributed by atoms with Gasteiger partial charge in [0.25, 0.3) is 5.56 Å². The number of amides is 1. The third kappa shape index (κ3) is 3.07. The van der Waals surface area contributed by atoms with Crippen molar-refractivity contribution in [3.63, 3.8) is 0 Å². The first-order valence-corrected chi connectivity index (χ1v) is 6.06. The quantitative estimate of drug-likeness (QED) is 0.884. The Morgan fingerprint density at radius 2 is 2.11 bits per heavy atom. The predicted molar refractivity (Wildman–Crippen MR) is 74.0 cm³/mol. The third-order valence-corrected chi connectivity index (χ3v) is 2.81. The van der Waals surface area contributed by atoms with Crippen LogP contribution in [-0.4, -0.2) is 16.1 Å². The highest BCUT2D eigenvalue weighted by Gasteiger charge is 2.06. The lowest BCUT2D eigenvalue weighted by Crippen LogP contribution is -2.10. The van der Waals surface area contributed by atoms with Crippen LogP contribution in [0.15, 0.2) is 35.1 Å². The third-order valence-electron chi connectivity index (χ3n) is 2.81. The van der Waals surface area contributed by atoms with Crippen molar-refractivity contribution >= 4 is 11.6 Å².